The van der Waals surface area contributed by atoms with Crippen molar-refractivity contribution in [3.05, 3.63) is 0 Å². The highest BCUT2D eigenvalue weighted by atomic mass is 15.0. The van der Waals surface area contributed by atoms with Crippen LogP contribution < -0.4 is 28.7 Å². The van der Waals surface area contributed by atoms with Gasteiger partial charge in [-0.25, -0.2) is 0 Å². The lowest BCUT2D eigenvalue weighted by Crippen LogP contribution is -2.67. The normalized spacial score (nSPS) is 41.2. The smallest absolute Gasteiger partial charge is 0.0669 e. The van der Waals surface area contributed by atoms with E-state index < -0.39 is 11.2 Å². The third-order valence-corrected chi connectivity index (χ3v) is 2.40. The van der Waals surface area contributed by atoms with E-state index >= 15 is 0 Å². The monoisotopic (exact) mass is 173 g/mol. The van der Waals surface area contributed by atoms with Crippen LogP contribution in [0.25, 0.3) is 0 Å². The van der Waals surface area contributed by atoms with E-state index in [9.17, 15) is 0 Å². The van der Waals surface area contributed by atoms with Gasteiger partial charge in [0, 0.05) is 18.1 Å². The average molecular weight is 173 g/mol. The molecule has 5 nitrogen and oxygen atoms in total. The van der Waals surface area contributed by atoms with Crippen molar-refractivity contribution in [1.29, 1.82) is 0 Å². The summed E-state index contributed by atoms with van der Waals surface area (Å²) >= 11 is 0. The summed E-state index contributed by atoms with van der Waals surface area (Å²) in [4.78, 5) is 0. The Bertz CT molecular complexity index is 169. The van der Waals surface area contributed by atoms with E-state index in [-0.39, 0.29) is 6.04 Å². The van der Waals surface area contributed by atoms with E-state index in [4.69, 9.17) is 28.7 Å². The van der Waals surface area contributed by atoms with Gasteiger partial charge < -0.3 is 28.7 Å². The Balaban J connectivity index is 2.70. The summed E-state index contributed by atoms with van der Waals surface area (Å²) in [5, 5.41) is 0. The zero-order valence-electron chi connectivity index (χ0n) is 7.29. The number of hydrogen-bond donors (Lipinski definition) is 5. The lowest BCUT2D eigenvalue weighted by Gasteiger charge is -2.44. The molecule has 1 fully saturated rings. The predicted octanol–water partition coefficient (Wildman–Crippen LogP) is -2.23. The predicted molar refractivity (Wildman–Crippen MR) is 48.9 cm³/mol. The zero-order valence-corrected chi connectivity index (χ0v) is 7.29. The van der Waals surface area contributed by atoms with Crippen molar-refractivity contribution >= 4 is 0 Å². The van der Waals surface area contributed by atoms with Crippen molar-refractivity contribution in [3.8, 4) is 0 Å². The molecule has 0 aromatic heterocycles. The lowest BCUT2D eigenvalue weighted by atomic mass is 9.74. The van der Waals surface area contributed by atoms with Gasteiger partial charge in [-0.15, -0.1) is 0 Å². The minimum Gasteiger partial charge on any atom is -0.329 e. The van der Waals surface area contributed by atoms with Gasteiger partial charge in [0.05, 0.1) is 5.66 Å². The molecule has 1 aliphatic carbocycles. The van der Waals surface area contributed by atoms with Gasteiger partial charge >= 0.3 is 0 Å². The highest BCUT2D eigenvalue weighted by Crippen LogP contribution is 2.27. The van der Waals surface area contributed by atoms with Gasteiger partial charge in [0.15, 0.2) is 0 Å². The van der Waals surface area contributed by atoms with Crippen molar-refractivity contribution < 1.29 is 0 Å². The first-order chi connectivity index (χ1) is 5.37. The second-order valence-electron chi connectivity index (χ2n) is 4.14. The van der Waals surface area contributed by atoms with Crippen LogP contribution in [0.15, 0.2) is 0 Å². The summed E-state index contributed by atoms with van der Waals surface area (Å²) < 4.78 is 0. The third kappa shape index (κ3) is 2.15. The van der Waals surface area contributed by atoms with E-state index in [0.29, 0.717) is 25.8 Å². The second-order valence-corrected chi connectivity index (χ2v) is 4.14. The van der Waals surface area contributed by atoms with Gasteiger partial charge in [0.2, 0.25) is 0 Å². The van der Waals surface area contributed by atoms with E-state index in [2.05, 4.69) is 0 Å². The topological polar surface area (TPSA) is 130 Å². The maximum atomic E-state index is 5.96. The van der Waals surface area contributed by atoms with Crippen LogP contribution in [-0.2, 0) is 0 Å². The van der Waals surface area contributed by atoms with Crippen LogP contribution in [0.3, 0.4) is 0 Å². The summed E-state index contributed by atoms with van der Waals surface area (Å²) in [6, 6.07) is -0.0256. The van der Waals surface area contributed by atoms with Gasteiger partial charge in [-0.2, -0.15) is 0 Å². The van der Waals surface area contributed by atoms with Crippen molar-refractivity contribution in [1.82, 2.24) is 0 Å². The molecule has 0 spiro atoms. The fourth-order valence-electron chi connectivity index (χ4n) is 2.04. The van der Waals surface area contributed by atoms with E-state index in [1.54, 1.807) is 0 Å². The second kappa shape index (κ2) is 2.93. The van der Waals surface area contributed by atoms with Crippen molar-refractivity contribution in [2.45, 2.75) is 36.5 Å². The zero-order chi connectivity index (χ0) is 9.41. The van der Waals surface area contributed by atoms with E-state index in [0.717, 1.165) is 0 Å². The molecule has 5 heteroatoms. The Morgan fingerprint density at radius 2 is 1.75 bits per heavy atom. The van der Waals surface area contributed by atoms with Crippen LogP contribution >= 0.6 is 0 Å². The SMILES string of the molecule is NCC1(N)CC(N)CC(N)(N)C1. The molecule has 0 heterocycles. The summed E-state index contributed by atoms with van der Waals surface area (Å²) in [7, 11) is 0. The molecule has 0 aliphatic heterocycles. The molecule has 0 aromatic carbocycles. The molecule has 72 valence electrons. The molecular formula is C7H19N5. The van der Waals surface area contributed by atoms with Gasteiger partial charge in [-0.3, -0.25) is 0 Å². The standard InChI is InChI=1S/C7H19N5/c8-4-6(10)1-5(9)2-7(11,12)3-6/h5H,1-4,8-12H2. The molecule has 0 radical (unpaired) electrons. The molecule has 2 unspecified atom stereocenters. The Morgan fingerprint density at radius 3 is 2.17 bits per heavy atom. The van der Waals surface area contributed by atoms with Gasteiger partial charge in [0.25, 0.3) is 0 Å². The molecule has 2 atom stereocenters. The number of hydrogen-bond acceptors (Lipinski definition) is 5. The highest BCUT2D eigenvalue weighted by Gasteiger charge is 2.40. The van der Waals surface area contributed by atoms with Crippen molar-refractivity contribution in [3.63, 3.8) is 0 Å². The Hall–Kier alpha value is -0.200. The molecule has 1 saturated carbocycles. The first-order valence-corrected chi connectivity index (χ1v) is 4.19. The van der Waals surface area contributed by atoms with Crippen LogP contribution in [-0.4, -0.2) is 23.8 Å². The minimum atomic E-state index is -0.744. The molecule has 0 aromatic rings. The van der Waals surface area contributed by atoms with Gasteiger partial charge in [-0.1, -0.05) is 0 Å². The van der Waals surface area contributed by atoms with Gasteiger partial charge in [-0.05, 0) is 19.3 Å². The summed E-state index contributed by atoms with van der Waals surface area (Å²) in [5.74, 6) is 0. The molecule has 12 heavy (non-hydrogen) atoms. The molecule has 1 rings (SSSR count). The fraction of sp³-hybridized carbons (Fsp3) is 1.00. The number of nitrogens with two attached hydrogens (primary N) is 5. The van der Waals surface area contributed by atoms with Crippen LogP contribution in [0.5, 0.6) is 0 Å². The summed E-state index contributed by atoms with van der Waals surface area (Å²) in [6.45, 7) is 0.386. The van der Waals surface area contributed by atoms with E-state index in [1.165, 1.54) is 0 Å². The maximum Gasteiger partial charge on any atom is 0.0669 e. The van der Waals surface area contributed by atoms with Crippen LogP contribution in [0.2, 0.25) is 0 Å². The van der Waals surface area contributed by atoms with E-state index in [1.807, 2.05) is 0 Å². The molecule has 10 N–H and O–H groups in total. The minimum absolute atomic E-state index is 0.0256. The van der Waals surface area contributed by atoms with Gasteiger partial charge in [0.1, 0.15) is 0 Å². The van der Waals surface area contributed by atoms with Crippen LogP contribution in [0, 0.1) is 0 Å². The number of rotatable bonds is 1. The van der Waals surface area contributed by atoms with Crippen molar-refractivity contribution in [2.75, 3.05) is 6.54 Å². The molecule has 0 amide bonds. The average Bonchev–Trinajstić information content (AvgIpc) is 1.82. The molecular weight excluding hydrogens is 154 g/mol. The van der Waals surface area contributed by atoms with Crippen LogP contribution in [0.4, 0.5) is 0 Å². The quantitative estimate of drug-likeness (QED) is 0.286. The first-order valence-electron chi connectivity index (χ1n) is 4.19. The molecule has 1 aliphatic rings. The Labute approximate surface area is 72.6 Å². The largest absolute Gasteiger partial charge is 0.329 e. The molecule has 0 bridgehead atoms. The Morgan fingerprint density at radius 1 is 1.17 bits per heavy atom. The molecule has 0 saturated heterocycles. The maximum absolute atomic E-state index is 5.96. The first kappa shape index (κ1) is 9.88. The Kier molecular flexibility index (Phi) is 2.42. The van der Waals surface area contributed by atoms with Crippen LogP contribution in [0.1, 0.15) is 19.3 Å². The van der Waals surface area contributed by atoms with Crippen molar-refractivity contribution in [2.24, 2.45) is 28.7 Å². The highest BCUT2D eigenvalue weighted by molar-refractivity contribution is 5.02. The third-order valence-electron chi connectivity index (χ3n) is 2.40. The summed E-state index contributed by atoms with van der Waals surface area (Å²) in [5.41, 5.74) is 27.6. The lowest BCUT2D eigenvalue weighted by molar-refractivity contribution is 0.180. The summed E-state index contributed by atoms with van der Waals surface area (Å²) in [6.07, 6.45) is 1.87. The fourth-order valence-corrected chi connectivity index (χ4v) is 2.04.